The number of hydrogen-bond donors (Lipinski definition) is 2. The van der Waals surface area contributed by atoms with E-state index in [1.807, 2.05) is 49.6 Å². The monoisotopic (exact) mass is 342 g/mol. The predicted molar refractivity (Wildman–Crippen MR) is 94.0 cm³/mol. The lowest BCUT2D eigenvalue weighted by Gasteiger charge is -2.07. The van der Waals surface area contributed by atoms with Crippen LogP contribution in [0, 0.1) is 0 Å². The summed E-state index contributed by atoms with van der Waals surface area (Å²) in [6.07, 6.45) is 1.76. The Balaban J connectivity index is 1.57. The summed E-state index contributed by atoms with van der Waals surface area (Å²) >= 11 is 1.56. The molecule has 2 aromatic heterocycles. The average Bonchev–Trinajstić information content (AvgIpc) is 3.25. The van der Waals surface area contributed by atoms with Crippen LogP contribution in [-0.2, 0) is 6.54 Å². The number of benzene rings is 1. The molecule has 3 rings (SSSR count). The normalized spacial score (nSPS) is 10.8. The van der Waals surface area contributed by atoms with Gasteiger partial charge in [-0.1, -0.05) is 31.1 Å². The molecule has 0 radical (unpaired) electrons. The van der Waals surface area contributed by atoms with Crippen LogP contribution < -0.4 is 10.6 Å². The summed E-state index contributed by atoms with van der Waals surface area (Å²) in [6.45, 7) is 4.37. The smallest absolute Gasteiger partial charge is 0.319 e. The van der Waals surface area contributed by atoms with Gasteiger partial charge in [-0.25, -0.2) is 9.78 Å². The largest absolute Gasteiger partial charge is 0.359 e. The Hall–Kier alpha value is -2.67. The third-order valence-corrected chi connectivity index (χ3v) is 4.21. The molecule has 0 atom stereocenters. The predicted octanol–water partition coefficient (Wildman–Crippen LogP) is 4.24. The topological polar surface area (TPSA) is 80.0 Å². The zero-order chi connectivity index (χ0) is 16.9. The molecule has 0 aliphatic heterocycles. The SMILES string of the molecule is CC(C)c1cc(CNC(=O)Nc2cccc(-c3nccs3)c2)on1. The molecule has 0 aliphatic carbocycles. The average molecular weight is 342 g/mol. The molecular formula is C17H18N4O2S. The van der Waals surface area contributed by atoms with E-state index < -0.39 is 0 Å². The third-order valence-electron chi connectivity index (χ3n) is 3.39. The molecular weight excluding hydrogens is 324 g/mol. The van der Waals surface area contributed by atoms with Crippen molar-refractivity contribution >= 4 is 23.1 Å². The summed E-state index contributed by atoms with van der Waals surface area (Å²) in [6, 6.07) is 9.13. The van der Waals surface area contributed by atoms with Crippen LogP contribution in [0.4, 0.5) is 10.5 Å². The van der Waals surface area contributed by atoms with Crippen molar-refractivity contribution in [3.05, 3.63) is 53.4 Å². The lowest BCUT2D eigenvalue weighted by atomic mass is 10.1. The summed E-state index contributed by atoms with van der Waals surface area (Å²) in [5.41, 5.74) is 2.56. The minimum atomic E-state index is -0.297. The van der Waals surface area contributed by atoms with Crippen LogP contribution in [0.15, 0.2) is 46.4 Å². The first-order valence-electron chi connectivity index (χ1n) is 7.62. The molecule has 0 saturated carbocycles. The van der Waals surface area contributed by atoms with Gasteiger partial charge in [0.15, 0.2) is 5.76 Å². The number of amides is 2. The van der Waals surface area contributed by atoms with Gasteiger partial charge < -0.3 is 15.2 Å². The quantitative estimate of drug-likeness (QED) is 0.726. The van der Waals surface area contributed by atoms with Crippen molar-refractivity contribution in [3.8, 4) is 10.6 Å². The molecule has 124 valence electrons. The molecule has 0 fully saturated rings. The molecule has 0 spiro atoms. The second-order valence-corrected chi connectivity index (χ2v) is 6.49. The number of aromatic nitrogens is 2. The maximum Gasteiger partial charge on any atom is 0.319 e. The molecule has 0 bridgehead atoms. The van der Waals surface area contributed by atoms with Crippen molar-refractivity contribution in [2.45, 2.75) is 26.3 Å². The van der Waals surface area contributed by atoms with Gasteiger partial charge in [-0.3, -0.25) is 0 Å². The number of nitrogens with one attached hydrogen (secondary N) is 2. The first-order chi connectivity index (χ1) is 11.6. The summed E-state index contributed by atoms with van der Waals surface area (Å²) in [5.74, 6) is 0.926. The van der Waals surface area contributed by atoms with Crippen LogP contribution in [-0.4, -0.2) is 16.2 Å². The first kappa shape index (κ1) is 16.2. The van der Waals surface area contributed by atoms with E-state index in [9.17, 15) is 4.79 Å². The molecule has 3 aromatic rings. The van der Waals surface area contributed by atoms with Crippen LogP contribution in [0.5, 0.6) is 0 Å². The number of thiazole rings is 1. The molecule has 1 aromatic carbocycles. The second kappa shape index (κ2) is 7.27. The number of anilines is 1. The molecule has 0 aliphatic rings. The molecule has 2 N–H and O–H groups in total. The fourth-order valence-electron chi connectivity index (χ4n) is 2.12. The Morgan fingerprint density at radius 2 is 2.21 bits per heavy atom. The Morgan fingerprint density at radius 1 is 1.33 bits per heavy atom. The maximum absolute atomic E-state index is 12.0. The van der Waals surface area contributed by atoms with Crippen molar-refractivity contribution < 1.29 is 9.32 Å². The highest BCUT2D eigenvalue weighted by Gasteiger charge is 2.09. The van der Waals surface area contributed by atoms with Gasteiger partial charge in [0.2, 0.25) is 0 Å². The fourth-order valence-corrected chi connectivity index (χ4v) is 2.76. The van der Waals surface area contributed by atoms with E-state index in [0.717, 1.165) is 16.3 Å². The van der Waals surface area contributed by atoms with Gasteiger partial charge in [-0.05, 0) is 18.1 Å². The molecule has 24 heavy (non-hydrogen) atoms. The molecule has 7 heteroatoms. The third kappa shape index (κ3) is 3.99. The number of urea groups is 1. The van der Waals surface area contributed by atoms with Gasteiger partial charge in [0.1, 0.15) is 5.01 Å². The van der Waals surface area contributed by atoms with E-state index in [0.29, 0.717) is 17.4 Å². The van der Waals surface area contributed by atoms with Crippen LogP contribution in [0.2, 0.25) is 0 Å². The molecule has 2 heterocycles. The van der Waals surface area contributed by atoms with Crippen LogP contribution in [0.25, 0.3) is 10.6 Å². The van der Waals surface area contributed by atoms with E-state index in [-0.39, 0.29) is 12.6 Å². The van der Waals surface area contributed by atoms with E-state index in [1.165, 1.54) is 0 Å². The van der Waals surface area contributed by atoms with Gasteiger partial charge >= 0.3 is 6.03 Å². The Morgan fingerprint density at radius 3 is 2.92 bits per heavy atom. The molecule has 0 unspecified atom stereocenters. The highest BCUT2D eigenvalue weighted by Crippen LogP contribution is 2.24. The maximum atomic E-state index is 12.0. The van der Waals surface area contributed by atoms with Crippen LogP contribution in [0.3, 0.4) is 0 Å². The minimum Gasteiger partial charge on any atom is -0.359 e. The van der Waals surface area contributed by atoms with E-state index in [2.05, 4.69) is 20.8 Å². The number of carbonyl (C=O) groups is 1. The fraction of sp³-hybridized carbons (Fsp3) is 0.235. The van der Waals surface area contributed by atoms with Gasteiger partial charge in [0.05, 0.1) is 12.2 Å². The van der Waals surface area contributed by atoms with Gasteiger partial charge in [-0.15, -0.1) is 11.3 Å². The Bertz CT molecular complexity index is 812. The highest BCUT2D eigenvalue weighted by atomic mass is 32.1. The Labute approximate surface area is 143 Å². The minimum absolute atomic E-state index is 0.289. The van der Waals surface area contributed by atoms with Crippen molar-refractivity contribution in [2.75, 3.05) is 5.32 Å². The number of carbonyl (C=O) groups excluding carboxylic acids is 1. The Kier molecular flexibility index (Phi) is 4.90. The zero-order valence-electron chi connectivity index (χ0n) is 13.4. The summed E-state index contributed by atoms with van der Waals surface area (Å²) in [7, 11) is 0. The summed E-state index contributed by atoms with van der Waals surface area (Å²) in [4.78, 5) is 16.3. The van der Waals surface area contributed by atoms with Crippen molar-refractivity contribution in [2.24, 2.45) is 0 Å². The lowest BCUT2D eigenvalue weighted by molar-refractivity contribution is 0.250. The highest BCUT2D eigenvalue weighted by molar-refractivity contribution is 7.13. The standard InChI is InChI=1S/C17H18N4O2S/c1-11(2)15-9-14(23-21-15)10-19-17(22)20-13-5-3-4-12(8-13)16-18-6-7-24-16/h3-9,11H,10H2,1-2H3,(H2,19,20,22). The molecule has 6 nitrogen and oxygen atoms in total. The zero-order valence-corrected chi connectivity index (χ0v) is 14.3. The number of nitrogens with zero attached hydrogens (tertiary/aromatic N) is 2. The van der Waals surface area contributed by atoms with Gasteiger partial charge in [0.25, 0.3) is 0 Å². The van der Waals surface area contributed by atoms with Crippen molar-refractivity contribution in [3.63, 3.8) is 0 Å². The van der Waals surface area contributed by atoms with E-state index in [4.69, 9.17) is 4.52 Å². The van der Waals surface area contributed by atoms with Crippen molar-refractivity contribution in [1.82, 2.24) is 15.5 Å². The van der Waals surface area contributed by atoms with E-state index in [1.54, 1.807) is 17.5 Å². The number of hydrogen-bond acceptors (Lipinski definition) is 5. The van der Waals surface area contributed by atoms with Crippen LogP contribution in [0.1, 0.15) is 31.2 Å². The number of rotatable bonds is 5. The van der Waals surface area contributed by atoms with E-state index >= 15 is 0 Å². The second-order valence-electron chi connectivity index (χ2n) is 5.60. The lowest BCUT2D eigenvalue weighted by Crippen LogP contribution is -2.28. The van der Waals surface area contributed by atoms with Gasteiger partial charge in [-0.2, -0.15) is 0 Å². The summed E-state index contributed by atoms with van der Waals surface area (Å²) < 4.78 is 5.20. The molecule has 2 amide bonds. The first-order valence-corrected chi connectivity index (χ1v) is 8.50. The molecule has 0 saturated heterocycles. The van der Waals surface area contributed by atoms with Crippen molar-refractivity contribution in [1.29, 1.82) is 0 Å². The summed E-state index contributed by atoms with van der Waals surface area (Å²) in [5, 5.41) is 12.4. The van der Waals surface area contributed by atoms with Crippen LogP contribution >= 0.6 is 11.3 Å². The van der Waals surface area contributed by atoms with Gasteiger partial charge in [0, 0.05) is 28.9 Å².